The van der Waals surface area contributed by atoms with Gasteiger partial charge in [0.05, 0.1) is 0 Å². The summed E-state index contributed by atoms with van der Waals surface area (Å²) in [5.41, 5.74) is 15.3. The van der Waals surface area contributed by atoms with E-state index < -0.39 is 0 Å². The smallest absolute Gasteiger partial charge is 0.0346 e. The van der Waals surface area contributed by atoms with E-state index in [1.54, 1.807) is 0 Å². The molecular weight excluding hydrogens is 609 g/mol. The zero-order chi connectivity index (χ0) is 33.5. The van der Waals surface area contributed by atoms with Crippen molar-refractivity contribution in [2.24, 2.45) is 0 Å². The molecule has 0 atom stereocenters. The molecule has 4 aromatic heterocycles. The lowest BCUT2D eigenvalue weighted by Crippen LogP contribution is -1.99. The van der Waals surface area contributed by atoms with Crippen molar-refractivity contribution in [1.82, 2.24) is 19.9 Å². The molecule has 4 heterocycles. The fourth-order valence-electron chi connectivity index (χ4n) is 6.46. The molecular formula is C46H32N4. The van der Waals surface area contributed by atoms with Gasteiger partial charge in [-0.1, -0.05) is 97.1 Å². The van der Waals surface area contributed by atoms with Gasteiger partial charge in [-0.3, -0.25) is 19.9 Å². The molecule has 0 fully saturated rings. The number of nitrogens with zero attached hydrogens (tertiary/aromatic N) is 4. The Morgan fingerprint density at radius 1 is 0.260 bits per heavy atom. The van der Waals surface area contributed by atoms with Gasteiger partial charge in [-0.15, -0.1) is 0 Å². The van der Waals surface area contributed by atoms with Crippen LogP contribution in [0, 0.1) is 0 Å². The van der Waals surface area contributed by atoms with Crippen LogP contribution in [-0.4, -0.2) is 19.9 Å². The summed E-state index contributed by atoms with van der Waals surface area (Å²) in [6.07, 6.45) is 14.9. The van der Waals surface area contributed by atoms with Gasteiger partial charge in [0, 0.05) is 71.8 Å². The zero-order valence-electron chi connectivity index (χ0n) is 27.3. The fourth-order valence-corrected chi connectivity index (χ4v) is 6.46. The highest BCUT2D eigenvalue weighted by molar-refractivity contribution is 6.06. The van der Waals surface area contributed by atoms with Crippen molar-refractivity contribution < 1.29 is 0 Å². The Labute approximate surface area is 292 Å². The van der Waals surface area contributed by atoms with Crippen molar-refractivity contribution >= 4 is 11.1 Å². The topological polar surface area (TPSA) is 51.6 Å². The Balaban J connectivity index is 1.44. The molecule has 8 rings (SSSR count). The number of hydrogen-bond acceptors (Lipinski definition) is 4. The molecule has 0 aliphatic rings. The van der Waals surface area contributed by atoms with Gasteiger partial charge in [-0.05, 0) is 104 Å². The first-order valence-electron chi connectivity index (χ1n) is 16.6. The SMILES string of the molecule is c1cncc(-c2cccc(C(=C(c3cccc(-c4cccnc4)c3)c3cccc(-c4cccnc4)c3)c3cccc(-c4cccnc4)c3)c2)c1. The summed E-state index contributed by atoms with van der Waals surface area (Å²) in [6.45, 7) is 0. The van der Waals surface area contributed by atoms with Gasteiger partial charge >= 0.3 is 0 Å². The largest absolute Gasteiger partial charge is 0.264 e. The Kier molecular flexibility index (Phi) is 8.64. The summed E-state index contributed by atoms with van der Waals surface area (Å²) in [6, 6.07) is 51.4. The average Bonchev–Trinajstić information content (AvgIpc) is 3.21. The molecule has 0 amide bonds. The average molecular weight is 641 g/mol. The second-order valence-corrected chi connectivity index (χ2v) is 12.0. The first-order valence-corrected chi connectivity index (χ1v) is 16.6. The molecule has 0 saturated heterocycles. The van der Waals surface area contributed by atoms with Crippen molar-refractivity contribution in [2.45, 2.75) is 0 Å². The second-order valence-electron chi connectivity index (χ2n) is 12.0. The van der Waals surface area contributed by atoms with E-state index in [-0.39, 0.29) is 0 Å². The van der Waals surface area contributed by atoms with Crippen LogP contribution < -0.4 is 0 Å². The number of benzene rings is 4. The third kappa shape index (κ3) is 6.51. The summed E-state index contributed by atoms with van der Waals surface area (Å²) in [5, 5.41) is 0. The third-order valence-corrected chi connectivity index (χ3v) is 8.83. The molecule has 8 aromatic rings. The number of hydrogen-bond donors (Lipinski definition) is 0. The molecule has 236 valence electrons. The molecule has 50 heavy (non-hydrogen) atoms. The minimum Gasteiger partial charge on any atom is -0.264 e. The predicted octanol–water partition coefficient (Wildman–Crippen LogP) is 10.9. The third-order valence-electron chi connectivity index (χ3n) is 8.83. The maximum absolute atomic E-state index is 4.42. The maximum Gasteiger partial charge on any atom is 0.0346 e. The minimum absolute atomic E-state index is 1.07. The summed E-state index contributed by atoms with van der Waals surface area (Å²) in [5.74, 6) is 0. The molecule has 0 aliphatic heterocycles. The van der Waals surface area contributed by atoms with Crippen molar-refractivity contribution in [3.63, 3.8) is 0 Å². The Hall–Kier alpha value is -6.78. The minimum atomic E-state index is 1.07. The molecule has 4 nitrogen and oxygen atoms in total. The molecule has 0 unspecified atom stereocenters. The summed E-state index contributed by atoms with van der Waals surface area (Å²) in [7, 11) is 0. The van der Waals surface area contributed by atoms with E-state index in [2.05, 4.69) is 141 Å². The Morgan fingerprint density at radius 2 is 0.500 bits per heavy atom. The van der Waals surface area contributed by atoms with Crippen LogP contribution in [0.3, 0.4) is 0 Å². The lowest BCUT2D eigenvalue weighted by atomic mass is 9.83. The normalized spacial score (nSPS) is 10.8. The lowest BCUT2D eigenvalue weighted by molar-refractivity contribution is 1.33. The van der Waals surface area contributed by atoms with Crippen LogP contribution in [-0.2, 0) is 0 Å². The van der Waals surface area contributed by atoms with Crippen LogP contribution in [0.4, 0.5) is 0 Å². The van der Waals surface area contributed by atoms with Crippen molar-refractivity contribution in [3.8, 4) is 44.5 Å². The summed E-state index contributed by atoms with van der Waals surface area (Å²) >= 11 is 0. The summed E-state index contributed by atoms with van der Waals surface area (Å²) < 4.78 is 0. The molecule has 0 radical (unpaired) electrons. The van der Waals surface area contributed by atoms with Gasteiger partial charge in [0.2, 0.25) is 0 Å². The van der Waals surface area contributed by atoms with Gasteiger partial charge in [0.15, 0.2) is 0 Å². The second kappa shape index (κ2) is 14.1. The van der Waals surface area contributed by atoms with Gasteiger partial charge < -0.3 is 0 Å². The molecule has 4 aromatic carbocycles. The maximum atomic E-state index is 4.42. The number of aromatic nitrogens is 4. The van der Waals surface area contributed by atoms with Gasteiger partial charge in [0.25, 0.3) is 0 Å². The van der Waals surface area contributed by atoms with E-state index in [4.69, 9.17) is 0 Å². The van der Waals surface area contributed by atoms with Crippen LogP contribution in [0.25, 0.3) is 55.7 Å². The number of rotatable bonds is 8. The van der Waals surface area contributed by atoms with Crippen LogP contribution in [0.15, 0.2) is 195 Å². The van der Waals surface area contributed by atoms with Crippen molar-refractivity contribution in [3.05, 3.63) is 217 Å². The molecule has 4 heteroatoms. The highest BCUT2D eigenvalue weighted by atomic mass is 14.6. The fraction of sp³-hybridized carbons (Fsp3) is 0. The zero-order valence-corrected chi connectivity index (χ0v) is 27.3. The molecule has 0 bridgehead atoms. The quantitative estimate of drug-likeness (QED) is 0.155. The summed E-state index contributed by atoms with van der Waals surface area (Å²) in [4.78, 5) is 17.7. The van der Waals surface area contributed by atoms with Crippen LogP contribution in [0.1, 0.15) is 22.3 Å². The van der Waals surface area contributed by atoms with E-state index in [9.17, 15) is 0 Å². The van der Waals surface area contributed by atoms with Gasteiger partial charge in [0.1, 0.15) is 0 Å². The van der Waals surface area contributed by atoms with Crippen LogP contribution in [0.5, 0.6) is 0 Å². The van der Waals surface area contributed by atoms with E-state index in [0.717, 1.165) is 77.9 Å². The van der Waals surface area contributed by atoms with Gasteiger partial charge in [-0.2, -0.15) is 0 Å². The first-order chi connectivity index (χ1) is 24.8. The van der Waals surface area contributed by atoms with E-state index in [1.165, 1.54) is 0 Å². The van der Waals surface area contributed by atoms with Crippen molar-refractivity contribution in [2.75, 3.05) is 0 Å². The van der Waals surface area contributed by atoms with Gasteiger partial charge in [-0.25, -0.2) is 0 Å². The molecule has 0 aliphatic carbocycles. The highest BCUT2D eigenvalue weighted by Gasteiger charge is 2.19. The van der Waals surface area contributed by atoms with E-state index >= 15 is 0 Å². The standard InChI is InChI=1S/C46H32N4/c1-9-33(41-17-5-21-47-29-41)25-37(13-1)45(38-14-2-10-34(26-38)42-18-6-22-48-30-42)46(39-15-3-11-35(27-39)43-19-7-23-49-31-43)40-16-4-12-36(28-40)44-20-8-24-50-32-44/h1-32H. The van der Waals surface area contributed by atoms with E-state index in [0.29, 0.717) is 0 Å². The monoisotopic (exact) mass is 640 g/mol. The van der Waals surface area contributed by atoms with Crippen LogP contribution >= 0.6 is 0 Å². The Morgan fingerprint density at radius 3 is 0.720 bits per heavy atom. The van der Waals surface area contributed by atoms with Crippen molar-refractivity contribution in [1.29, 1.82) is 0 Å². The molecule has 0 saturated carbocycles. The predicted molar refractivity (Wildman–Crippen MR) is 204 cm³/mol. The first kappa shape index (κ1) is 30.5. The Bertz CT molecular complexity index is 2060. The highest BCUT2D eigenvalue weighted by Crippen LogP contribution is 2.41. The number of pyridine rings is 4. The lowest BCUT2D eigenvalue weighted by Gasteiger charge is -2.20. The van der Waals surface area contributed by atoms with Crippen LogP contribution in [0.2, 0.25) is 0 Å². The molecule has 0 spiro atoms. The molecule has 0 N–H and O–H groups in total. The van der Waals surface area contributed by atoms with E-state index in [1.807, 2.05) is 73.8 Å².